The molecular weight excluding hydrogens is 366 g/mol. The van der Waals surface area contributed by atoms with Crippen LogP contribution in [0.1, 0.15) is 10.4 Å². The van der Waals surface area contributed by atoms with Crippen LogP contribution >= 0.6 is 11.8 Å². The fraction of sp³-hybridized carbons (Fsp3) is 0.0526. The Balaban J connectivity index is 1.49. The summed E-state index contributed by atoms with van der Waals surface area (Å²) in [6.45, 7) is 0. The van der Waals surface area contributed by atoms with Gasteiger partial charge in [0.15, 0.2) is 0 Å². The van der Waals surface area contributed by atoms with Gasteiger partial charge in [0.25, 0.3) is 11.6 Å². The average molecular weight is 381 g/mol. The van der Waals surface area contributed by atoms with Gasteiger partial charge >= 0.3 is 0 Å². The van der Waals surface area contributed by atoms with Gasteiger partial charge < -0.3 is 0 Å². The Kier molecular flexibility index (Phi) is 5.68. The van der Waals surface area contributed by atoms with E-state index in [4.69, 9.17) is 0 Å². The highest BCUT2D eigenvalue weighted by Gasteiger charge is 2.10. The zero-order valence-corrected chi connectivity index (χ0v) is 14.9. The lowest BCUT2D eigenvalue weighted by Gasteiger charge is -2.08. The minimum atomic E-state index is -0.548. The van der Waals surface area contributed by atoms with Crippen LogP contribution < -0.4 is 10.9 Å². The first-order valence-electron chi connectivity index (χ1n) is 7.98. The van der Waals surface area contributed by atoms with Crippen molar-refractivity contribution in [1.29, 1.82) is 0 Å². The SMILES string of the molecule is O=C(CSc1ccc2ccccc2c1)NNC(=O)c1ccc([N+](=O)[O-])cc1. The second-order valence-corrected chi connectivity index (χ2v) is 6.65. The van der Waals surface area contributed by atoms with E-state index in [1.165, 1.54) is 36.0 Å². The van der Waals surface area contributed by atoms with Crippen molar-refractivity contribution in [3.05, 3.63) is 82.4 Å². The maximum Gasteiger partial charge on any atom is 0.269 e. The standard InChI is InChI=1S/C19H15N3O4S/c23-18(12-27-17-10-7-13-3-1-2-4-15(13)11-17)20-21-19(24)14-5-8-16(9-6-14)22(25)26/h1-11H,12H2,(H,20,23)(H,21,24). The van der Waals surface area contributed by atoms with Gasteiger partial charge in [-0.3, -0.25) is 30.6 Å². The first-order chi connectivity index (χ1) is 13.0. The van der Waals surface area contributed by atoms with Crippen LogP contribution in [0.2, 0.25) is 0 Å². The molecule has 0 aliphatic heterocycles. The Morgan fingerprint density at radius 2 is 1.63 bits per heavy atom. The van der Waals surface area contributed by atoms with Crippen LogP contribution in [0, 0.1) is 10.1 Å². The lowest BCUT2D eigenvalue weighted by Crippen LogP contribution is -2.42. The van der Waals surface area contributed by atoms with E-state index in [1.807, 2.05) is 42.5 Å². The van der Waals surface area contributed by atoms with E-state index in [0.717, 1.165) is 15.7 Å². The molecule has 0 aliphatic carbocycles. The number of carbonyl (C=O) groups excluding carboxylic acids is 2. The Morgan fingerprint density at radius 3 is 2.33 bits per heavy atom. The lowest BCUT2D eigenvalue weighted by atomic mass is 10.1. The van der Waals surface area contributed by atoms with Crippen LogP contribution in [0.15, 0.2) is 71.6 Å². The minimum absolute atomic E-state index is 0.109. The molecule has 8 heteroatoms. The number of nitro groups is 1. The number of fused-ring (bicyclic) bond motifs is 1. The van der Waals surface area contributed by atoms with Crippen molar-refractivity contribution in [3.63, 3.8) is 0 Å². The lowest BCUT2D eigenvalue weighted by molar-refractivity contribution is -0.384. The van der Waals surface area contributed by atoms with Crippen molar-refractivity contribution >= 4 is 40.0 Å². The quantitative estimate of drug-likeness (QED) is 0.401. The third-order valence-electron chi connectivity index (χ3n) is 3.75. The largest absolute Gasteiger partial charge is 0.272 e. The van der Waals surface area contributed by atoms with E-state index in [9.17, 15) is 19.7 Å². The average Bonchev–Trinajstić information content (AvgIpc) is 2.70. The van der Waals surface area contributed by atoms with Gasteiger partial charge in [-0.1, -0.05) is 30.3 Å². The van der Waals surface area contributed by atoms with Crippen molar-refractivity contribution in [2.45, 2.75) is 4.90 Å². The summed E-state index contributed by atoms with van der Waals surface area (Å²) in [6.07, 6.45) is 0. The third kappa shape index (κ3) is 4.83. The predicted octanol–water partition coefficient (Wildman–Crippen LogP) is 3.30. The van der Waals surface area contributed by atoms with E-state index in [-0.39, 0.29) is 22.9 Å². The van der Waals surface area contributed by atoms with Crippen molar-refractivity contribution < 1.29 is 14.5 Å². The van der Waals surface area contributed by atoms with Crippen molar-refractivity contribution in [2.75, 3.05) is 5.75 Å². The van der Waals surface area contributed by atoms with Crippen molar-refractivity contribution in [1.82, 2.24) is 10.9 Å². The van der Waals surface area contributed by atoms with Gasteiger partial charge in [0.2, 0.25) is 5.91 Å². The number of carbonyl (C=O) groups is 2. The molecule has 7 nitrogen and oxygen atoms in total. The molecule has 0 aliphatic rings. The molecule has 0 atom stereocenters. The maximum atomic E-state index is 11.9. The summed E-state index contributed by atoms with van der Waals surface area (Å²) >= 11 is 1.36. The number of amides is 2. The summed E-state index contributed by atoms with van der Waals surface area (Å²) in [4.78, 5) is 34.9. The summed E-state index contributed by atoms with van der Waals surface area (Å²) in [7, 11) is 0. The molecule has 0 heterocycles. The molecule has 0 saturated carbocycles. The van der Waals surface area contributed by atoms with Gasteiger partial charge in [-0.25, -0.2) is 0 Å². The molecule has 3 aromatic carbocycles. The first-order valence-corrected chi connectivity index (χ1v) is 8.97. The number of hydrogen-bond donors (Lipinski definition) is 2. The van der Waals surface area contributed by atoms with Crippen LogP contribution in [0.4, 0.5) is 5.69 Å². The highest BCUT2D eigenvalue weighted by atomic mass is 32.2. The number of thioether (sulfide) groups is 1. The number of hydrogen-bond acceptors (Lipinski definition) is 5. The van der Waals surface area contributed by atoms with Crippen LogP contribution in [0.5, 0.6) is 0 Å². The predicted molar refractivity (Wildman–Crippen MR) is 103 cm³/mol. The Hall–Kier alpha value is -3.39. The number of rotatable bonds is 5. The Morgan fingerprint density at radius 1 is 0.926 bits per heavy atom. The normalized spacial score (nSPS) is 10.4. The number of nitrogens with one attached hydrogen (secondary N) is 2. The molecule has 0 radical (unpaired) electrons. The van der Waals surface area contributed by atoms with Gasteiger partial charge in [-0.05, 0) is 35.0 Å². The first kappa shape index (κ1) is 18.4. The molecule has 3 aromatic rings. The third-order valence-corrected chi connectivity index (χ3v) is 4.74. The molecule has 0 aromatic heterocycles. The fourth-order valence-electron chi connectivity index (χ4n) is 2.38. The summed E-state index contributed by atoms with van der Waals surface area (Å²) in [5.74, 6) is -0.767. The van der Waals surface area contributed by atoms with Gasteiger partial charge in [0.05, 0.1) is 10.7 Å². The summed E-state index contributed by atoms with van der Waals surface area (Å²) < 4.78 is 0. The molecular formula is C19H15N3O4S. The molecule has 136 valence electrons. The van der Waals surface area contributed by atoms with Crippen LogP contribution in [-0.2, 0) is 4.79 Å². The second kappa shape index (κ2) is 8.33. The second-order valence-electron chi connectivity index (χ2n) is 5.60. The van der Waals surface area contributed by atoms with Crippen molar-refractivity contribution in [3.8, 4) is 0 Å². The van der Waals surface area contributed by atoms with E-state index in [2.05, 4.69) is 10.9 Å². The van der Waals surface area contributed by atoms with Crippen LogP contribution in [-0.4, -0.2) is 22.5 Å². The van der Waals surface area contributed by atoms with E-state index in [0.29, 0.717) is 0 Å². The van der Waals surface area contributed by atoms with E-state index in [1.54, 1.807) is 0 Å². The molecule has 2 N–H and O–H groups in total. The summed E-state index contributed by atoms with van der Waals surface area (Å²) in [5, 5.41) is 12.8. The van der Waals surface area contributed by atoms with Gasteiger partial charge in [-0.2, -0.15) is 0 Å². The molecule has 0 unspecified atom stereocenters. The number of nitro benzene ring substituents is 1. The molecule has 3 rings (SSSR count). The summed E-state index contributed by atoms with van der Waals surface area (Å²) in [6, 6.07) is 19.0. The monoisotopic (exact) mass is 381 g/mol. The van der Waals surface area contributed by atoms with Crippen molar-refractivity contribution in [2.24, 2.45) is 0 Å². The fourth-order valence-corrected chi connectivity index (χ4v) is 3.12. The van der Waals surface area contributed by atoms with Gasteiger partial charge in [-0.15, -0.1) is 11.8 Å². The molecule has 0 fully saturated rings. The molecule has 27 heavy (non-hydrogen) atoms. The topological polar surface area (TPSA) is 101 Å². The van der Waals surface area contributed by atoms with E-state index >= 15 is 0 Å². The van der Waals surface area contributed by atoms with E-state index < -0.39 is 10.8 Å². The van der Waals surface area contributed by atoms with Crippen LogP contribution in [0.25, 0.3) is 10.8 Å². The Labute approximate surface area is 158 Å². The van der Waals surface area contributed by atoms with Gasteiger partial charge in [0.1, 0.15) is 0 Å². The highest BCUT2D eigenvalue weighted by Crippen LogP contribution is 2.23. The van der Waals surface area contributed by atoms with Gasteiger partial charge in [0, 0.05) is 22.6 Å². The van der Waals surface area contributed by atoms with Crippen LogP contribution in [0.3, 0.4) is 0 Å². The molecule has 2 amide bonds. The summed E-state index contributed by atoms with van der Waals surface area (Å²) in [5.41, 5.74) is 4.73. The zero-order valence-electron chi connectivity index (χ0n) is 14.0. The minimum Gasteiger partial charge on any atom is -0.272 e. The molecule has 0 saturated heterocycles. The Bertz CT molecular complexity index is 1010. The molecule has 0 spiro atoms. The highest BCUT2D eigenvalue weighted by molar-refractivity contribution is 8.00. The number of benzene rings is 3. The number of hydrazine groups is 1. The number of nitrogens with zero attached hydrogens (tertiary/aromatic N) is 1. The zero-order chi connectivity index (χ0) is 19.2. The maximum absolute atomic E-state index is 11.9. The smallest absolute Gasteiger partial charge is 0.269 e. The number of non-ortho nitro benzene ring substituents is 1. The molecule has 0 bridgehead atoms.